The van der Waals surface area contributed by atoms with Crippen LogP contribution in [0.25, 0.3) is 43.4 Å². The van der Waals surface area contributed by atoms with Gasteiger partial charge in [0.25, 0.3) is 0 Å². The molecule has 0 atom stereocenters. The van der Waals surface area contributed by atoms with Crippen molar-refractivity contribution in [3.63, 3.8) is 0 Å². The van der Waals surface area contributed by atoms with Crippen molar-refractivity contribution in [2.45, 2.75) is 33.2 Å². The highest BCUT2D eigenvalue weighted by atomic mass is 16.7. The molecule has 0 amide bonds. The van der Waals surface area contributed by atoms with Gasteiger partial charge in [-0.15, -0.1) is 0 Å². The normalized spacial score (nSPS) is 11.8. The molecule has 0 spiro atoms. The molecule has 0 unspecified atom stereocenters. The molecular weight excluding hydrogens is 568 g/mol. The van der Waals surface area contributed by atoms with Gasteiger partial charge in [0.1, 0.15) is 5.71 Å². The van der Waals surface area contributed by atoms with Crippen molar-refractivity contribution in [1.29, 1.82) is 0 Å². The maximum atomic E-state index is 14.3. The summed E-state index contributed by atoms with van der Waals surface area (Å²) in [5.74, 6) is -1.77. The zero-order valence-electron chi connectivity index (χ0n) is 25.1. The lowest BCUT2D eigenvalue weighted by Crippen LogP contribution is -2.17. The maximum Gasteiger partial charge on any atom is 0.331 e. The maximum absolute atomic E-state index is 14.3. The van der Waals surface area contributed by atoms with E-state index in [4.69, 9.17) is 9.57 Å². The van der Waals surface area contributed by atoms with Crippen LogP contribution < -0.4 is 0 Å². The van der Waals surface area contributed by atoms with E-state index in [-0.39, 0.29) is 24.3 Å². The van der Waals surface area contributed by atoms with Crippen molar-refractivity contribution in [2.75, 3.05) is 7.11 Å². The van der Waals surface area contributed by atoms with Crippen molar-refractivity contribution >= 4 is 72.6 Å². The first-order valence-electron chi connectivity index (χ1n) is 14.7. The summed E-state index contributed by atoms with van der Waals surface area (Å²) in [6.07, 6.45) is -0.167. The molecule has 6 rings (SSSR count). The Morgan fingerprint density at radius 1 is 0.711 bits per heavy atom. The first-order valence-corrected chi connectivity index (χ1v) is 14.7. The Morgan fingerprint density at radius 2 is 1.29 bits per heavy atom. The second kappa shape index (κ2) is 12.2. The molecule has 0 aliphatic heterocycles. The van der Waals surface area contributed by atoms with E-state index in [0.29, 0.717) is 23.2 Å². The Bertz CT molecular complexity index is 2150. The molecule has 0 bridgehead atoms. The van der Waals surface area contributed by atoms with Gasteiger partial charge in [0.2, 0.25) is 5.78 Å². The number of hydrogen-bond acceptors (Lipinski definition) is 7. The Labute approximate surface area is 258 Å². The van der Waals surface area contributed by atoms with Crippen LogP contribution in [0.3, 0.4) is 0 Å². The summed E-state index contributed by atoms with van der Waals surface area (Å²) in [5.41, 5.74) is 3.24. The number of aryl methyl sites for hydroxylation is 1. The van der Waals surface area contributed by atoms with Crippen LogP contribution in [0.1, 0.15) is 53.0 Å². The summed E-state index contributed by atoms with van der Waals surface area (Å²) in [5, 5.41) is 9.11. The molecule has 0 aliphatic carbocycles. The first-order chi connectivity index (χ1) is 21.8. The Balaban J connectivity index is 1.48. The standard InChI is InChI=1S/C37H30N2O6/c1-4-39-32-16-13-25(36(42)31(38-45-22(2)40)15-18-34(41)44-3)20-29(32)30-21-26(14-17-33(30)39)37(43)35-27-11-7-5-9-23(27)19-24-10-6-8-12-28(24)35/h5-14,16-17,19-21H,4,15,18H2,1-3H3/b38-31+. The number of oxime groups is 1. The summed E-state index contributed by atoms with van der Waals surface area (Å²) >= 11 is 0. The van der Waals surface area contributed by atoms with Gasteiger partial charge in [-0.25, -0.2) is 4.79 Å². The van der Waals surface area contributed by atoms with Gasteiger partial charge in [0, 0.05) is 58.4 Å². The third-order valence-electron chi connectivity index (χ3n) is 8.04. The number of esters is 1. The third kappa shape index (κ3) is 5.47. The van der Waals surface area contributed by atoms with Crippen molar-refractivity contribution < 1.29 is 28.8 Å². The number of carbonyl (C=O) groups excluding carboxylic acids is 4. The van der Waals surface area contributed by atoms with Crippen molar-refractivity contribution in [1.82, 2.24) is 4.57 Å². The molecule has 5 aromatic carbocycles. The molecule has 1 heterocycles. The smallest absolute Gasteiger partial charge is 0.331 e. The Morgan fingerprint density at radius 3 is 1.87 bits per heavy atom. The van der Waals surface area contributed by atoms with Gasteiger partial charge >= 0.3 is 11.9 Å². The molecule has 0 N–H and O–H groups in total. The van der Waals surface area contributed by atoms with E-state index < -0.39 is 17.7 Å². The molecular formula is C37H30N2O6. The summed E-state index contributed by atoms with van der Waals surface area (Å²) < 4.78 is 6.83. The summed E-state index contributed by atoms with van der Waals surface area (Å²) in [6, 6.07) is 28.9. The molecule has 45 heavy (non-hydrogen) atoms. The largest absolute Gasteiger partial charge is 0.469 e. The van der Waals surface area contributed by atoms with Crippen LogP contribution in [0.5, 0.6) is 0 Å². The van der Waals surface area contributed by atoms with Gasteiger partial charge < -0.3 is 14.1 Å². The van der Waals surface area contributed by atoms with Gasteiger partial charge in [-0.3, -0.25) is 14.4 Å². The van der Waals surface area contributed by atoms with Gasteiger partial charge in [-0.1, -0.05) is 53.7 Å². The van der Waals surface area contributed by atoms with Gasteiger partial charge in [0.15, 0.2) is 5.78 Å². The number of fused-ring (bicyclic) bond motifs is 5. The summed E-state index contributed by atoms with van der Waals surface area (Å²) in [6.45, 7) is 3.89. The van der Waals surface area contributed by atoms with E-state index >= 15 is 0 Å². The van der Waals surface area contributed by atoms with Crippen LogP contribution in [-0.4, -0.2) is 40.9 Å². The number of aromatic nitrogens is 1. The van der Waals surface area contributed by atoms with Crippen LogP contribution in [0.4, 0.5) is 0 Å². The molecule has 0 saturated carbocycles. The quantitative estimate of drug-likeness (QED) is 0.0429. The van der Waals surface area contributed by atoms with Gasteiger partial charge in [0.05, 0.1) is 13.5 Å². The fourth-order valence-corrected chi connectivity index (χ4v) is 5.94. The monoisotopic (exact) mass is 598 g/mol. The minimum Gasteiger partial charge on any atom is -0.469 e. The van der Waals surface area contributed by atoms with E-state index in [1.54, 1.807) is 12.1 Å². The summed E-state index contributed by atoms with van der Waals surface area (Å²) in [4.78, 5) is 55.9. The highest BCUT2D eigenvalue weighted by molar-refractivity contribution is 6.46. The molecule has 0 fully saturated rings. The minimum atomic E-state index is -0.684. The van der Waals surface area contributed by atoms with Gasteiger partial charge in [-0.05, 0) is 70.9 Å². The highest BCUT2D eigenvalue weighted by Crippen LogP contribution is 2.34. The lowest BCUT2D eigenvalue weighted by molar-refractivity contribution is -0.141. The number of nitrogens with zero attached hydrogens (tertiary/aromatic N) is 2. The molecule has 0 aliphatic rings. The van der Waals surface area contributed by atoms with Gasteiger partial charge in [-0.2, -0.15) is 0 Å². The number of ether oxygens (including phenoxy) is 1. The first kappa shape index (κ1) is 29.4. The van der Waals surface area contributed by atoms with E-state index in [1.807, 2.05) is 79.7 Å². The number of Topliss-reactive ketones (excluding diaryl/α,β-unsaturated/α-hetero) is 1. The molecule has 8 nitrogen and oxygen atoms in total. The van der Waals surface area contributed by atoms with Crippen LogP contribution in [0, 0.1) is 0 Å². The lowest BCUT2D eigenvalue weighted by Gasteiger charge is -2.11. The van der Waals surface area contributed by atoms with Crippen LogP contribution in [-0.2, 0) is 25.7 Å². The highest BCUT2D eigenvalue weighted by Gasteiger charge is 2.22. The molecule has 8 heteroatoms. The Hall–Kier alpha value is -5.63. The van der Waals surface area contributed by atoms with E-state index in [0.717, 1.165) is 43.4 Å². The van der Waals surface area contributed by atoms with Crippen molar-refractivity contribution in [2.24, 2.45) is 5.16 Å². The van der Waals surface area contributed by atoms with E-state index in [2.05, 4.69) is 15.8 Å². The van der Waals surface area contributed by atoms with Crippen molar-refractivity contribution in [3.8, 4) is 0 Å². The number of methoxy groups -OCH3 is 1. The SMILES string of the molecule is CCn1c2ccc(C(=O)/C(CCC(=O)OC)=N/OC(C)=O)cc2c2cc(C(=O)c3c4ccccc4cc4ccccc34)ccc21. The number of rotatable bonds is 9. The minimum absolute atomic E-state index is 0.0643. The zero-order valence-corrected chi connectivity index (χ0v) is 25.1. The number of hydrogen-bond donors (Lipinski definition) is 0. The van der Waals surface area contributed by atoms with E-state index in [9.17, 15) is 19.2 Å². The fourth-order valence-electron chi connectivity index (χ4n) is 5.94. The van der Waals surface area contributed by atoms with Crippen molar-refractivity contribution in [3.05, 3.63) is 108 Å². The molecule has 1 aromatic heterocycles. The van der Waals surface area contributed by atoms with E-state index in [1.165, 1.54) is 14.0 Å². The van der Waals surface area contributed by atoms with Crippen LogP contribution in [0.2, 0.25) is 0 Å². The third-order valence-corrected chi connectivity index (χ3v) is 8.04. The Kier molecular flexibility index (Phi) is 7.96. The number of benzene rings is 5. The lowest BCUT2D eigenvalue weighted by atomic mass is 9.91. The molecule has 0 radical (unpaired) electrons. The predicted molar refractivity (Wildman–Crippen MR) is 175 cm³/mol. The second-order valence-corrected chi connectivity index (χ2v) is 10.8. The summed E-state index contributed by atoms with van der Waals surface area (Å²) in [7, 11) is 1.26. The van der Waals surface area contributed by atoms with Crippen LogP contribution >= 0.6 is 0 Å². The number of carbonyl (C=O) groups is 4. The number of ketones is 2. The second-order valence-electron chi connectivity index (χ2n) is 10.8. The molecule has 0 saturated heterocycles. The fraction of sp³-hybridized carbons (Fsp3) is 0.162. The predicted octanol–water partition coefficient (Wildman–Crippen LogP) is 7.41. The zero-order chi connectivity index (χ0) is 31.7. The average Bonchev–Trinajstić information content (AvgIpc) is 3.38. The molecule has 224 valence electrons. The molecule has 6 aromatic rings. The average molecular weight is 599 g/mol. The topological polar surface area (TPSA) is 104 Å². The van der Waals surface area contributed by atoms with Crippen LogP contribution in [0.15, 0.2) is 96.2 Å².